The van der Waals surface area contributed by atoms with Crippen LogP contribution >= 0.6 is 11.3 Å². The maximum atomic E-state index is 13.7. The van der Waals surface area contributed by atoms with E-state index >= 15 is 0 Å². The van der Waals surface area contributed by atoms with Gasteiger partial charge >= 0.3 is 0 Å². The third-order valence-corrected chi connectivity index (χ3v) is 6.91. The van der Waals surface area contributed by atoms with Gasteiger partial charge in [-0.15, -0.1) is 11.3 Å². The average Bonchev–Trinajstić information content (AvgIpc) is 3.63. The van der Waals surface area contributed by atoms with Gasteiger partial charge in [0, 0.05) is 28.5 Å². The van der Waals surface area contributed by atoms with Crippen LogP contribution in [0.1, 0.15) is 32.4 Å². The average molecular weight is 511 g/mol. The molecule has 0 unspecified atom stereocenters. The molecule has 0 saturated heterocycles. The van der Waals surface area contributed by atoms with Crippen LogP contribution in [0.5, 0.6) is 0 Å². The summed E-state index contributed by atoms with van der Waals surface area (Å²) >= 11 is 1.08. The Hall–Kier alpha value is -4.30. The predicted octanol–water partition coefficient (Wildman–Crippen LogP) is 7.75. The van der Waals surface area contributed by atoms with Crippen molar-refractivity contribution in [3.63, 3.8) is 0 Å². The molecule has 5 aromatic rings. The van der Waals surface area contributed by atoms with Gasteiger partial charge in [0.25, 0.3) is 0 Å². The second-order valence-electron chi connectivity index (χ2n) is 8.60. The lowest BCUT2D eigenvalue weighted by molar-refractivity contribution is 0.657. The number of nitrogens with zero attached hydrogens (tertiary/aromatic N) is 3. The zero-order valence-electron chi connectivity index (χ0n) is 20.7. The maximum absolute atomic E-state index is 13.7. The molecule has 0 aliphatic carbocycles. The molecule has 0 bridgehead atoms. The fourth-order valence-corrected chi connectivity index (χ4v) is 5.00. The number of nitrogens with one attached hydrogen (secondary N) is 3. The quantitative estimate of drug-likeness (QED) is 0.177. The van der Waals surface area contributed by atoms with E-state index in [1.54, 1.807) is 18.3 Å². The van der Waals surface area contributed by atoms with Gasteiger partial charge in [-0.2, -0.15) is 9.49 Å². The van der Waals surface area contributed by atoms with E-state index in [0.717, 1.165) is 85.0 Å². The Bertz CT molecular complexity index is 1680. The first kappa shape index (κ1) is 24.4. The minimum Gasteiger partial charge on any atom is -0.359 e. The van der Waals surface area contributed by atoms with E-state index in [0.29, 0.717) is 5.69 Å². The number of aromatic amines is 2. The molecule has 3 N–H and O–H groups in total. The number of fused-ring (bicyclic) bond motifs is 2. The van der Waals surface area contributed by atoms with Crippen LogP contribution in [0.15, 0.2) is 85.4 Å². The number of H-pyrrole nitrogens is 2. The topological polar surface area (TPSA) is 82.3 Å². The first-order chi connectivity index (χ1) is 18.0. The molecule has 8 heteroatoms. The molecule has 0 aliphatic heterocycles. The first-order valence-electron chi connectivity index (χ1n) is 12.0. The number of rotatable bonds is 9. The van der Waals surface area contributed by atoms with Gasteiger partial charge in [-0.25, -0.2) is 4.98 Å². The zero-order chi connectivity index (χ0) is 25.9. The molecule has 0 amide bonds. The van der Waals surface area contributed by atoms with Crippen LogP contribution in [0.4, 0.5) is 4.39 Å². The van der Waals surface area contributed by atoms with E-state index < -0.39 is 0 Å². The summed E-state index contributed by atoms with van der Waals surface area (Å²) in [6.45, 7) is 12.1. The lowest BCUT2D eigenvalue weighted by Crippen LogP contribution is -2.10. The molecule has 0 fully saturated rings. The van der Waals surface area contributed by atoms with E-state index in [1.807, 2.05) is 43.3 Å². The molecule has 5 heterocycles. The zero-order valence-corrected chi connectivity index (χ0v) is 21.5. The fraction of sp³-hybridized carbons (Fsp3) is 0.138. The molecule has 186 valence electrons. The van der Waals surface area contributed by atoms with E-state index in [1.165, 1.54) is 6.07 Å². The standard InChI is InChI=1S/C29H27FN6S/c1-5-8-17(4)32-19(7-3)15-18(6-2)21-9-10-23-28(34-21)29(36-35-23)24-16-20-22(33-24)13-14-31-27(20)25-11-12-26(30)37-25/h6-7,9-16,32-33H,3-5,8H2,1-2H3,(H,35,36)/b18-6+,19-15+. The maximum Gasteiger partial charge on any atom is 0.177 e. The summed E-state index contributed by atoms with van der Waals surface area (Å²) in [7, 11) is 0. The van der Waals surface area contributed by atoms with E-state index in [-0.39, 0.29) is 5.13 Å². The number of thiophene rings is 1. The van der Waals surface area contributed by atoms with Gasteiger partial charge in [0.2, 0.25) is 0 Å². The molecule has 0 saturated carbocycles. The fourth-order valence-electron chi connectivity index (χ4n) is 4.25. The second-order valence-corrected chi connectivity index (χ2v) is 9.63. The van der Waals surface area contributed by atoms with Gasteiger partial charge in [0.15, 0.2) is 5.13 Å². The van der Waals surface area contributed by atoms with Crippen LogP contribution in [0, 0.1) is 5.13 Å². The molecule has 6 nitrogen and oxygen atoms in total. The second kappa shape index (κ2) is 10.4. The lowest BCUT2D eigenvalue weighted by Gasteiger charge is -2.11. The molecular weight excluding hydrogens is 483 g/mol. The van der Waals surface area contributed by atoms with Crippen molar-refractivity contribution in [2.45, 2.75) is 26.7 Å². The summed E-state index contributed by atoms with van der Waals surface area (Å²) in [5.41, 5.74) is 8.28. The van der Waals surface area contributed by atoms with E-state index in [2.05, 4.69) is 45.6 Å². The molecule has 0 atom stereocenters. The van der Waals surface area contributed by atoms with Crippen molar-refractivity contribution >= 4 is 38.8 Å². The number of aromatic nitrogens is 5. The van der Waals surface area contributed by atoms with Crippen molar-refractivity contribution in [2.24, 2.45) is 0 Å². The Morgan fingerprint density at radius 3 is 2.76 bits per heavy atom. The number of pyridine rings is 2. The van der Waals surface area contributed by atoms with Crippen LogP contribution in [0.3, 0.4) is 0 Å². The Morgan fingerprint density at radius 1 is 1.16 bits per heavy atom. The van der Waals surface area contributed by atoms with Gasteiger partial charge in [0.1, 0.15) is 11.2 Å². The first-order valence-corrected chi connectivity index (χ1v) is 12.9. The van der Waals surface area contributed by atoms with E-state index in [4.69, 9.17) is 4.98 Å². The third-order valence-electron chi connectivity index (χ3n) is 6.03. The van der Waals surface area contributed by atoms with Crippen LogP contribution in [-0.2, 0) is 0 Å². The largest absolute Gasteiger partial charge is 0.359 e. The van der Waals surface area contributed by atoms with Crippen molar-refractivity contribution in [1.29, 1.82) is 0 Å². The van der Waals surface area contributed by atoms with Crippen molar-refractivity contribution in [3.8, 4) is 22.0 Å². The molecule has 0 aliphatic rings. The van der Waals surface area contributed by atoms with Crippen molar-refractivity contribution in [3.05, 3.63) is 96.2 Å². The molecule has 0 spiro atoms. The van der Waals surface area contributed by atoms with Gasteiger partial charge in [-0.3, -0.25) is 10.1 Å². The third kappa shape index (κ3) is 4.88. The highest BCUT2D eigenvalue weighted by molar-refractivity contribution is 7.13. The van der Waals surface area contributed by atoms with Gasteiger partial charge in [-0.1, -0.05) is 32.6 Å². The summed E-state index contributed by atoms with van der Waals surface area (Å²) in [6, 6.07) is 11.1. The molecule has 0 radical (unpaired) electrons. The number of hydrogen-bond acceptors (Lipinski definition) is 5. The Morgan fingerprint density at radius 2 is 2.03 bits per heavy atom. The van der Waals surface area contributed by atoms with Crippen molar-refractivity contribution in [2.75, 3.05) is 0 Å². The van der Waals surface area contributed by atoms with Gasteiger partial charge < -0.3 is 10.3 Å². The number of halogens is 1. The number of allylic oxidation sites excluding steroid dienone is 5. The highest BCUT2D eigenvalue weighted by Crippen LogP contribution is 2.35. The van der Waals surface area contributed by atoms with Crippen molar-refractivity contribution < 1.29 is 4.39 Å². The summed E-state index contributed by atoms with van der Waals surface area (Å²) in [4.78, 5) is 13.7. The Labute approximate surface area is 218 Å². The Balaban J connectivity index is 1.54. The van der Waals surface area contributed by atoms with Gasteiger partial charge in [0.05, 0.1) is 27.5 Å². The molecule has 5 aromatic heterocycles. The SMILES string of the molecule is C=C/C(=C\C(=C/C)c1ccc2[nH]nc(-c3cc4c(-c5ccc(F)s5)nccc4[nH]3)c2n1)NC(=C)CCC. The lowest BCUT2D eigenvalue weighted by atomic mass is 10.1. The summed E-state index contributed by atoms with van der Waals surface area (Å²) in [5, 5.41) is 11.6. The summed E-state index contributed by atoms with van der Waals surface area (Å²) < 4.78 is 13.7. The molecule has 37 heavy (non-hydrogen) atoms. The van der Waals surface area contributed by atoms with Gasteiger partial charge in [-0.05, 0) is 67.5 Å². The highest BCUT2D eigenvalue weighted by atomic mass is 32.1. The minimum absolute atomic E-state index is 0.238. The predicted molar refractivity (Wildman–Crippen MR) is 151 cm³/mol. The Kier molecular flexibility index (Phi) is 6.83. The number of hydrogen-bond donors (Lipinski definition) is 3. The smallest absolute Gasteiger partial charge is 0.177 e. The summed E-state index contributed by atoms with van der Waals surface area (Å²) in [6.07, 6.45) is 9.44. The molecular formula is C29H27FN6S. The minimum atomic E-state index is -0.238. The van der Waals surface area contributed by atoms with Crippen LogP contribution in [-0.4, -0.2) is 25.1 Å². The molecule has 5 rings (SSSR count). The van der Waals surface area contributed by atoms with Crippen LogP contribution < -0.4 is 5.32 Å². The van der Waals surface area contributed by atoms with Crippen LogP contribution in [0.25, 0.3) is 49.5 Å². The molecule has 0 aromatic carbocycles. The van der Waals surface area contributed by atoms with Crippen molar-refractivity contribution in [1.82, 2.24) is 30.5 Å². The summed E-state index contributed by atoms with van der Waals surface area (Å²) in [5.74, 6) is 0. The van der Waals surface area contributed by atoms with Crippen LogP contribution in [0.2, 0.25) is 0 Å². The highest BCUT2D eigenvalue weighted by Gasteiger charge is 2.17. The monoisotopic (exact) mass is 510 g/mol. The normalized spacial score (nSPS) is 12.4. The van der Waals surface area contributed by atoms with E-state index in [9.17, 15) is 4.39 Å².